The maximum Gasteiger partial charge on any atom is 0.237 e. The molecule has 166 valence electrons. The summed E-state index contributed by atoms with van der Waals surface area (Å²) in [4.78, 5) is 17.4. The van der Waals surface area contributed by atoms with Gasteiger partial charge >= 0.3 is 0 Å². The molecule has 0 aliphatic heterocycles. The molecule has 2 heterocycles. The summed E-state index contributed by atoms with van der Waals surface area (Å²) in [6, 6.07) is 15.5. The summed E-state index contributed by atoms with van der Waals surface area (Å²) >= 11 is 4.73. The molecule has 0 fully saturated rings. The van der Waals surface area contributed by atoms with E-state index < -0.39 is 0 Å². The molecule has 0 saturated heterocycles. The van der Waals surface area contributed by atoms with Crippen LogP contribution in [0, 0.1) is 0 Å². The number of rotatable bonds is 9. The zero-order valence-electron chi connectivity index (χ0n) is 17.9. The van der Waals surface area contributed by atoms with Gasteiger partial charge in [0.1, 0.15) is 11.6 Å². The van der Waals surface area contributed by atoms with E-state index in [0.29, 0.717) is 17.2 Å². The molecule has 7 nitrogen and oxygen atoms in total. The third-order valence-electron chi connectivity index (χ3n) is 4.72. The van der Waals surface area contributed by atoms with Crippen molar-refractivity contribution >= 4 is 56.7 Å². The van der Waals surface area contributed by atoms with Crippen LogP contribution in [0.15, 0.2) is 58.0 Å². The molecule has 2 aromatic heterocycles. The fourth-order valence-electron chi connectivity index (χ4n) is 3.06. The summed E-state index contributed by atoms with van der Waals surface area (Å²) in [7, 11) is 1.58. The van der Waals surface area contributed by atoms with Gasteiger partial charge in [0.25, 0.3) is 0 Å². The number of aromatic nitrogens is 4. The highest BCUT2D eigenvalue weighted by Gasteiger charge is 2.21. The highest BCUT2D eigenvalue weighted by molar-refractivity contribution is 8.00. The number of benzene rings is 2. The lowest BCUT2D eigenvalue weighted by Crippen LogP contribution is -2.23. The minimum atomic E-state index is -0.348. The number of ether oxygens (including phenoxy) is 1. The SMILES string of the molecule is CCn1c(CSc2nc3ccccc3s2)nnc1SC(C)C(=O)Nc1ccccc1OC. The summed E-state index contributed by atoms with van der Waals surface area (Å²) in [5.41, 5.74) is 1.67. The lowest BCUT2D eigenvalue weighted by atomic mass is 10.3. The standard InChI is InChI=1S/C22H23N5O2S3/c1-4-27-19(13-30-22-24-16-10-6-8-12-18(16)32-22)25-26-21(27)31-14(2)20(28)23-15-9-5-7-11-17(15)29-3/h5-12,14H,4,13H2,1-3H3,(H,23,28). The third kappa shape index (κ3) is 5.08. The van der Waals surface area contributed by atoms with Crippen LogP contribution in [-0.2, 0) is 17.1 Å². The normalized spacial score (nSPS) is 12.1. The van der Waals surface area contributed by atoms with Crippen molar-refractivity contribution in [2.75, 3.05) is 12.4 Å². The molecule has 1 N–H and O–H groups in total. The van der Waals surface area contributed by atoms with Crippen molar-refractivity contribution < 1.29 is 9.53 Å². The number of nitrogens with one attached hydrogen (secondary N) is 1. The molecule has 32 heavy (non-hydrogen) atoms. The van der Waals surface area contributed by atoms with E-state index in [0.717, 1.165) is 27.4 Å². The minimum Gasteiger partial charge on any atom is -0.495 e. The number of amides is 1. The van der Waals surface area contributed by atoms with Crippen molar-refractivity contribution in [2.24, 2.45) is 0 Å². The van der Waals surface area contributed by atoms with Gasteiger partial charge in [0.2, 0.25) is 5.91 Å². The lowest BCUT2D eigenvalue weighted by Gasteiger charge is -2.14. The fraction of sp³-hybridized carbons (Fsp3) is 0.273. The molecule has 10 heteroatoms. The summed E-state index contributed by atoms with van der Waals surface area (Å²) in [5.74, 6) is 2.05. The number of fused-ring (bicyclic) bond motifs is 1. The molecule has 2 aromatic carbocycles. The Bertz CT molecular complexity index is 1190. The first-order chi connectivity index (χ1) is 15.6. The second-order valence-electron chi connectivity index (χ2n) is 6.83. The average Bonchev–Trinajstić information content (AvgIpc) is 3.40. The zero-order chi connectivity index (χ0) is 22.5. The summed E-state index contributed by atoms with van der Waals surface area (Å²) < 4.78 is 9.55. The first-order valence-corrected chi connectivity index (χ1v) is 12.8. The van der Waals surface area contributed by atoms with Crippen molar-refractivity contribution in [3.8, 4) is 5.75 Å². The van der Waals surface area contributed by atoms with Crippen LogP contribution in [-0.4, -0.2) is 38.0 Å². The van der Waals surface area contributed by atoms with E-state index in [2.05, 4.69) is 38.1 Å². The van der Waals surface area contributed by atoms with Gasteiger partial charge in [0.15, 0.2) is 9.50 Å². The number of anilines is 1. The van der Waals surface area contributed by atoms with E-state index in [4.69, 9.17) is 4.74 Å². The maximum atomic E-state index is 12.7. The van der Waals surface area contributed by atoms with Gasteiger partial charge in [-0.2, -0.15) is 0 Å². The number of methoxy groups -OCH3 is 1. The van der Waals surface area contributed by atoms with Crippen LogP contribution < -0.4 is 10.1 Å². The van der Waals surface area contributed by atoms with Crippen LogP contribution in [0.1, 0.15) is 19.7 Å². The highest BCUT2D eigenvalue weighted by Crippen LogP contribution is 2.32. The lowest BCUT2D eigenvalue weighted by molar-refractivity contribution is -0.115. The van der Waals surface area contributed by atoms with Crippen molar-refractivity contribution in [2.45, 2.75) is 40.9 Å². The van der Waals surface area contributed by atoms with Gasteiger partial charge in [-0.3, -0.25) is 4.79 Å². The van der Waals surface area contributed by atoms with E-state index in [1.807, 2.05) is 49.4 Å². The van der Waals surface area contributed by atoms with Crippen LogP contribution in [0.5, 0.6) is 5.75 Å². The number of thiazole rings is 1. The largest absolute Gasteiger partial charge is 0.495 e. The predicted molar refractivity (Wildman–Crippen MR) is 132 cm³/mol. The van der Waals surface area contributed by atoms with Gasteiger partial charge in [-0.25, -0.2) is 4.98 Å². The number of carbonyl (C=O) groups excluding carboxylic acids is 1. The van der Waals surface area contributed by atoms with Gasteiger partial charge < -0.3 is 14.6 Å². The topological polar surface area (TPSA) is 81.9 Å². The molecule has 0 radical (unpaired) electrons. The Morgan fingerprint density at radius 1 is 1.19 bits per heavy atom. The van der Waals surface area contributed by atoms with Crippen LogP contribution in [0.4, 0.5) is 5.69 Å². The third-order valence-corrected chi connectivity index (χ3v) is 7.98. The Morgan fingerprint density at radius 3 is 2.75 bits per heavy atom. The Kier molecular flexibility index (Phi) is 7.33. The Labute approximate surface area is 199 Å². The van der Waals surface area contributed by atoms with E-state index in [1.165, 1.54) is 16.5 Å². The van der Waals surface area contributed by atoms with E-state index in [-0.39, 0.29) is 11.2 Å². The van der Waals surface area contributed by atoms with Crippen molar-refractivity contribution in [3.63, 3.8) is 0 Å². The number of hydrogen-bond donors (Lipinski definition) is 1. The van der Waals surface area contributed by atoms with Gasteiger partial charge in [0, 0.05) is 6.54 Å². The van der Waals surface area contributed by atoms with E-state index in [9.17, 15) is 4.79 Å². The van der Waals surface area contributed by atoms with E-state index in [1.54, 1.807) is 30.2 Å². The Balaban J connectivity index is 1.41. The maximum absolute atomic E-state index is 12.7. The van der Waals surface area contributed by atoms with Crippen LogP contribution in [0.25, 0.3) is 10.2 Å². The van der Waals surface area contributed by atoms with Gasteiger partial charge in [-0.15, -0.1) is 21.5 Å². The van der Waals surface area contributed by atoms with Crippen LogP contribution >= 0.6 is 34.9 Å². The summed E-state index contributed by atoms with van der Waals surface area (Å²) in [5, 5.41) is 12.0. The zero-order valence-corrected chi connectivity index (χ0v) is 20.4. The predicted octanol–water partition coefficient (Wildman–Crippen LogP) is 5.33. The second kappa shape index (κ2) is 10.4. The van der Waals surface area contributed by atoms with Crippen LogP contribution in [0.3, 0.4) is 0 Å². The number of hydrogen-bond acceptors (Lipinski definition) is 8. The number of para-hydroxylation sites is 3. The minimum absolute atomic E-state index is 0.115. The first kappa shape index (κ1) is 22.6. The number of carbonyl (C=O) groups is 1. The van der Waals surface area contributed by atoms with E-state index >= 15 is 0 Å². The molecule has 4 aromatic rings. The van der Waals surface area contributed by atoms with Crippen molar-refractivity contribution in [3.05, 3.63) is 54.4 Å². The number of thioether (sulfide) groups is 2. The smallest absolute Gasteiger partial charge is 0.237 e. The quantitative estimate of drug-likeness (QED) is 0.321. The van der Waals surface area contributed by atoms with Crippen LogP contribution in [0.2, 0.25) is 0 Å². The van der Waals surface area contributed by atoms with Gasteiger partial charge in [0.05, 0.1) is 34.0 Å². The summed E-state index contributed by atoms with van der Waals surface area (Å²) in [6.45, 7) is 4.64. The molecular formula is C22H23N5O2S3. The molecular weight excluding hydrogens is 462 g/mol. The fourth-order valence-corrected chi connectivity index (χ4v) is 6.00. The van der Waals surface area contributed by atoms with Gasteiger partial charge in [-0.05, 0) is 38.1 Å². The Hall–Kier alpha value is -2.56. The molecule has 1 unspecified atom stereocenters. The molecule has 0 spiro atoms. The second-order valence-corrected chi connectivity index (χ2v) is 10.4. The molecule has 0 aliphatic rings. The monoisotopic (exact) mass is 485 g/mol. The molecule has 0 bridgehead atoms. The van der Waals surface area contributed by atoms with Gasteiger partial charge in [-0.1, -0.05) is 47.8 Å². The molecule has 4 rings (SSSR count). The molecule has 0 saturated carbocycles. The Morgan fingerprint density at radius 2 is 1.97 bits per heavy atom. The average molecular weight is 486 g/mol. The summed E-state index contributed by atoms with van der Waals surface area (Å²) in [6.07, 6.45) is 0. The molecule has 1 atom stereocenters. The molecule has 1 amide bonds. The first-order valence-electron chi connectivity index (χ1n) is 10.1. The number of nitrogens with zero attached hydrogens (tertiary/aromatic N) is 4. The molecule has 0 aliphatic carbocycles. The van der Waals surface area contributed by atoms with Crippen molar-refractivity contribution in [1.82, 2.24) is 19.7 Å². The van der Waals surface area contributed by atoms with Crippen molar-refractivity contribution in [1.29, 1.82) is 0 Å². The highest BCUT2D eigenvalue weighted by atomic mass is 32.2.